The normalized spacial score (nSPS) is 21.5. The average molecular weight is 323 g/mol. The van der Waals surface area contributed by atoms with Gasteiger partial charge in [-0.1, -0.05) is 58.4 Å². The Labute approximate surface area is 137 Å². The Kier molecular flexibility index (Phi) is 6.73. The molecule has 0 aromatic rings. The van der Waals surface area contributed by atoms with Gasteiger partial charge in [0.15, 0.2) is 0 Å². The molecule has 3 heteroatoms. The number of hydrogen-bond donors (Lipinski definition) is 0. The summed E-state index contributed by atoms with van der Waals surface area (Å²) >= 11 is 0. The van der Waals surface area contributed by atoms with Crippen LogP contribution in [-0.4, -0.2) is 14.3 Å². The van der Waals surface area contributed by atoms with Gasteiger partial charge in [0.1, 0.15) is 0 Å². The van der Waals surface area contributed by atoms with Crippen molar-refractivity contribution in [3.05, 3.63) is 12.2 Å². The molecule has 2 aliphatic carbocycles. The van der Waals surface area contributed by atoms with Gasteiger partial charge in [0, 0.05) is 5.57 Å². The van der Waals surface area contributed by atoms with Crippen LogP contribution < -0.4 is 0 Å². The SMILES string of the molecule is C=C(C)C(=O)O[Si](CCC)(C1CCCCC1)C1CCCCC1. The summed E-state index contributed by atoms with van der Waals surface area (Å²) in [5, 5.41) is 0. The number of carbonyl (C=O) groups excluding carboxylic acids is 1. The van der Waals surface area contributed by atoms with Gasteiger partial charge in [-0.2, -0.15) is 0 Å². The van der Waals surface area contributed by atoms with Crippen molar-refractivity contribution in [1.82, 2.24) is 0 Å². The first-order valence-electron chi connectivity index (χ1n) is 9.49. The highest BCUT2D eigenvalue weighted by Crippen LogP contribution is 2.51. The standard InChI is InChI=1S/C19H34O2Si/c1-4-15-22(21-19(20)16(2)3,17-11-7-5-8-12-17)18-13-9-6-10-14-18/h17-18H,2,4-15H2,1,3H3. The van der Waals surface area contributed by atoms with E-state index in [1.807, 2.05) is 0 Å². The smallest absolute Gasteiger partial charge is 0.319 e. The van der Waals surface area contributed by atoms with Crippen LogP contribution in [-0.2, 0) is 9.22 Å². The molecule has 0 radical (unpaired) electrons. The van der Waals surface area contributed by atoms with Gasteiger partial charge < -0.3 is 4.43 Å². The number of hydrogen-bond acceptors (Lipinski definition) is 2. The summed E-state index contributed by atoms with van der Waals surface area (Å²) in [6.45, 7) is 7.90. The van der Waals surface area contributed by atoms with Crippen LogP contribution in [0, 0.1) is 0 Å². The molecule has 0 amide bonds. The van der Waals surface area contributed by atoms with Crippen LogP contribution in [0.25, 0.3) is 0 Å². The number of rotatable bonds is 6. The minimum Gasteiger partial charge on any atom is -0.515 e. The molecule has 0 spiro atoms. The largest absolute Gasteiger partial charge is 0.515 e. The summed E-state index contributed by atoms with van der Waals surface area (Å²) in [7, 11) is -2.03. The first-order chi connectivity index (χ1) is 10.6. The lowest BCUT2D eigenvalue weighted by Crippen LogP contribution is -2.50. The highest BCUT2D eigenvalue weighted by Gasteiger charge is 2.51. The Hall–Kier alpha value is -0.573. The minimum absolute atomic E-state index is 0.101. The third kappa shape index (κ3) is 4.04. The van der Waals surface area contributed by atoms with Crippen LogP contribution in [0.4, 0.5) is 0 Å². The molecule has 2 saturated carbocycles. The molecule has 0 aliphatic heterocycles. The lowest BCUT2D eigenvalue weighted by molar-refractivity contribution is -0.131. The first kappa shape index (κ1) is 17.8. The van der Waals surface area contributed by atoms with Gasteiger partial charge in [-0.3, -0.25) is 0 Å². The molecule has 0 bridgehead atoms. The molecular formula is C19H34O2Si. The van der Waals surface area contributed by atoms with E-state index in [2.05, 4.69) is 13.5 Å². The highest BCUT2D eigenvalue weighted by molar-refractivity contribution is 6.78. The Bertz CT molecular complexity index is 361. The highest BCUT2D eigenvalue weighted by atomic mass is 28.4. The lowest BCUT2D eigenvalue weighted by atomic mass is 9.99. The van der Waals surface area contributed by atoms with Crippen molar-refractivity contribution in [1.29, 1.82) is 0 Å². The zero-order valence-electron chi connectivity index (χ0n) is 14.7. The van der Waals surface area contributed by atoms with Gasteiger partial charge in [-0.15, -0.1) is 0 Å². The third-order valence-corrected chi connectivity index (χ3v) is 11.6. The molecule has 0 atom stereocenters. The third-order valence-electron chi connectivity index (χ3n) is 5.86. The molecule has 2 aliphatic rings. The zero-order chi connectivity index (χ0) is 16.0. The molecule has 0 aromatic heterocycles. The predicted octanol–water partition coefficient (Wildman–Crippen LogP) is 6.13. The lowest BCUT2D eigenvalue weighted by Gasteiger charge is -2.46. The van der Waals surface area contributed by atoms with Crippen molar-refractivity contribution in [2.75, 3.05) is 0 Å². The maximum absolute atomic E-state index is 12.4. The van der Waals surface area contributed by atoms with Crippen LogP contribution in [0.2, 0.25) is 17.1 Å². The van der Waals surface area contributed by atoms with Crippen molar-refractivity contribution in [2.24, 2.45) is 0 Å². The maximum Gasteiger partial charge on any atom is 0.319 e. The first-order valence-corrected chi connectivity index (χ1v) is 11.8. The monoisotopic (exact) mass is 322 g/mol. The topological polar surface area (TPSA) is 26.3 Å². The molecule has 0 aromatic carbocycles. The van der Waals surface area contributed by atoms with Gasteiger partial charge >= 0.3 is 5.97 Å². The second-order valence-electron chi connectivity index (χ2n) is 7.54. The molecular weight excluding hydrogens is 288 g/mol. The Balaban J connectivity index is 2.28. The second-order valence-corrected chi connectivity index (χ2v) is 11.8. The summed E-state index contributed by atoms with van der Waals surface area (Å²) < 4.78 is 6.42. The molecule has 2 nitrogen and oxygen atoms in total. The Morgan fingerprint density at radius 3 is 1.82 bits per heavy atom. The molecule has 0 heterocycles. The van der Waals surface area contributed by atoms with Gasteiger partial charge in [0.25, 0.3) is 8.32 Å². The fourth-order valence-corrected chi connectivity index (χ4v) is 10.8. The van der Waals surface area contributed by atoms with Crippen LogP contribution >= 0.6 is 0 Å². The molecule has 22 heavy (non-hydrogen) atoms. The fourth-order valence-electron chi connectivity index (χ4n) is 4.79. The van der Waals surface area contributed by atoms with Crippen LogP contribution in [0.5, 0.6) is 0 Å². The summed E-state index contributed by atoms with van der Waals surface area (Å²) in [4.78, 5) is 12.4. The van der Waals surface area contributed by atoms with Gasteiger partial charge in [0.05, 0.1) is 0 Å². The molecule has 2 rings (SSSR count). The molecule has 0 saturated heterocycles. The van der Waals surface area contributed by atoms with E-state index >= 15 is 0 Å². The van der Waals surface area contributed by atoms with Gasteiger partial charge in [0.2, 0.25) is 0 Å². The fraction of sp³-hybridized carbons (Fsp3) is 0.842. The molecule has 2 fully saturated rings. The van der Waals surface area contributed by atoms with E-state index in [1.165, 1.54) is 70.3 Å². The van der Waals surface area contributed by atoms with Crippen molar-refractivity contribution in [2.45, 2.75) is 102 Å². The van der Waals surface area contributed by atoms with Crippen LogP contribution in [0.1, 0.15) is 84.5 Å². The van der Waals surface area contributed by atoms with E-state index in [4.69, 9.17) is 4.43 Å². The quantitative estimate of drug-likeness (QED) is 0.434. The molecule has 0 N–H and O–H groups in total. The average Bonchev–Trinajstić information content (AvgIpc) is 2.55. The van der Waals surface area contributed by atoms with Crippen molar-refractivity contribution in [3.8, 4) is 0 Å². The van der Waals surface area contributed by atoms with Crippen LogP contribution in [0.3, 0.4) is 0 Å². The minimum atomic E-state index is -2.03. The van der Waals surface area contributed by atoms with Crippen molar-refractivity contribution < 1.29 is 9.22 Å². The molecule has 0 unspecified atom stereocenters. The van der Waals surface area contributed by atoms with E-state index in [-0.39, 0.29) is 5.97 Å². The van der Waals surface area contributed by atoms with E-state index in [9.17, 15) is 4.79 Å². The van der Waals surface area contributed by atoms with Crippen molar-refractivity contribution in [3.63, 3.8) is 0 Å². The van der Waals surface area contributed by atoms with Crippen LogP contribution in [0.15, 0.2) is 12.2 Å². The number of carbonyl (C=O) groups is 1. The summed E-state index contributed by atoms with van der Waals surface area (Å²) in [6, 6.07) is 1.17. The van der Waals surface area contributed by atoms with E-state index in [0.29, 0.717) is 16.7 Å². The second kappa shape index (κ2) is 8.33. The van der Waals surface area contributed by atoms with E-state index in [0.717, 1.165) is 6.42 Å². The Morgan fingerprint density at radius 2 is 1.45 bits per heavy atom. The summed E-state index contributed by atoms with van der Waals surface area (Å²) in [6.07, 6.45) is 14.4. The van der Waals surface area contributed by atoms with E-state index < -0.39 is 8.32 Å². The van der Waals surface area contributed by atoms with Gasteiger partial charge in [-0.25, -0.2) is 4.79 Å². The molecule has 126 valence electrons. The summed E-state index contributed by atoms with van der Waals surface area (Å²) in [5.74, 6) is -0.101. The Morgan fingerprint density at radius 1 is 1.00 bits per heavy atom. The van der Waals surface area contributed by atoms with E-state index in [1.54, 1.807) is 6.92 Å². The van der Waals surface area contributed by atoms with Crippen molar-refractivity contribution >= 4 is 14.3 Å². The maximum atomic E-state index is 12.4. The predicted molar refractivity (Wildman–Crippen MR) is 95.4 cm³/mol. The summed E-state index contributed by atoms with van der Waals surface area (Å²) in [5.41, 5.74) is 1.99. The zero-order valence-corrected chi connectivity index (χ0v) is 15.7. The van der Waals surface area contributed by atoms with Gasteiger partial charge in [-0.05, 0) is 49.7 Å².